The second-order valence-corrected chi connectivity index (χ2v) is 5.11. The Morgan fingerprint density at radius 2 is 2.39 bits per heavy atom. The molecule has 0 saturated heterocycles. The molecule has 1 aliphatic heterocycles. The summed E-state index contributed by atoms with van der Waals surface area (Å²) in [6.45, 7) is 2.69. The quantitative estimate of drug-likeness (QED) is 0.924. The minimum Gasteiger partial charge on any atom is -0.353 e. The van der Waals surface area contributed by atoms with Gasteiger partial charge in [0.15, 0.2) is 6.23 Å². The van der Waals surface area contributed by atoms with Crippen molar-refractivity contribution in [1.29, 1.82) is 0 Å². The fourth-order valence-electron chi connectivity index (χ4n) is 2.10. The summed E-state index contributed by atoms with van der Waals surface area (Å²) in [6, 6.07) is 5.72. The van der Waals surface area contributed by atoms with Gasteiger partial charge in [0.25, 0.3) is 5.91 Å². The Kier molecular flexibility index (Phi) is 2.93. The van der Waals surface area contributed by atoms with Gasteiger partial charge in [-0.15, -0.1) is 11.3 Å². The minimum absolute atomic E-state index is 0.0931. The summed E-state index contributed by atoms with van der Waals surface area (Å²) in [5, 5.41) is 4.95. The Balaban J connectivity index is 2.05. The molecule has 0 aromatic carbocycles. The van der Waals surface area contributed by atoms with Crippen molar-refractivity contribution >= 4 is 17.2 Å². The molecule has 4 nitrogen and oxygen atoms in total. The molecule has 3 rings (SSSR count). The highest BCUT2D eigenvalue weighted by atomic mass is 32.1. The predicted molar refractivity (Wildman–Crippen MR) is 70.1 cm³/mol. The number of thiophene rings is 1. The van der Waals surface area contributed by atoms with E-state index in [9.17, 15) is 4.79 Å². The summed E-state index contributed by atoms with van der Waals surface area (Å²) in [4.78, 5) is 13.1. The normalized spacial score (nSPS) is 17.8. The van der Waals surface area contributed by atoms with Crippen LogP contribution in [0.1, 0.15) is 34.9 Å². The molecule has 0 radical (unpaired) electrons. The van der Waals surface area contributed by atoms with Crippen LogP contribution in [0.4, 0.5) is 0 Å². The Labute approximate surface area is 109 Å². The van der Waals surface area contributed by atoms with E-state index in [0.29, 0.717) is 12.3 Å². The van der Waals surface area contributed by atoms with Gasteiger partial charge in [-0.1, -0.05) is 6.92 Å². The van der Waals surface area contributed by atoms with Crippen LogP contribution in [0.3, 0.4) is 0 Å². The van der Waals surface area contributed by atoms with Crippen LogP contribution < -0.4 is 5.32 Å². The number of hydrogen-bond donors (Lipinski definition) is 1. The Morgan fingerprint density at radius 1 is 1.50 bits per heavy atom. The molecule has 1 amide bonds. The van der Waals surface area contributed by atoms with Gasteiger partial charge in [-0.05, 0) is 30.0 Å². The highest BCUT2D eigenvalue weighted by Crippen LogP contribution is 2.32. The van der Waals surface area contributed by atoms with E-state index < -0.39 is 0 Å². The van der Waals surface area contributed by atoms with Crippen LogP contribution in [-0.4, -0.2) is 17.1 Å². The van der Waals surface area contributed by atoms with Crippen LogP contribution in [0.15, 0.2) is 29.8 Å². The maximum atomic E-state index is 12.1. The number of rotatable bonds is 3. The van der Waals surface area contributed by atoms with Crippen LogP contribution in [-0.2, 0) is 4.74 Å². The first-order valence-electron chi connectivity index (χ1n) is 5.99. The van der Waals surface area contributed by atoms with E-state index >= 15 is 0 Å². The summed E-state index contributed by atoms with van der Waals surface area (Å²) >= 11 is 1.61. The average Bonchev–Trinajstić information content (AvgIpc) is 2.99. The Morgan fingerprint density at radius 3 is 3.22 bits per heavy atom. The SMILES string of the molecule is CCCOC1NC(=O)c2cccn2-c2ccsc21. The van der Waals surface area contributed by atoms with Gasteiger partial charge in [-0.2, -0.15) is 0 Å². The van der Waals surface area contributed by atoms with Gasteiger partial charge < -0.3 is 14.6 Å². The first-order valence-corrected chi connectivity index (χ1v) is 6.87. The van der Waals surface area contributed by atoms with E-state index in [-0.39, 0.29) is 12.1 Å². The summed E-state index contributed by atoms with van der Waals surface area (Å²) in [5.41, 5.74) is 1.68. The van der Waals surface area contributed by atoms with Crippen LogP contribution in [0.5, 0.6) is 0 Å². The number of nitrogens with one attached hydrogen (secondary N) is 1. The first-order chi connectivity index (χ1) is 8.81. The van der Waals surface area contributed by atoms with Crippen molar-refractivity contribution in [2.75, 3.05) is 6.61 Å². The molecular weight excluding hydrogens is 248 g/mol. The third-order valence-corrected chi connectivity index (χ3v) is 3.85. The molecule has 1 atom stereocenters. The molecule has 3 heterocycles. The lowest BCUT2D eigenvalue weighted by molar-refractivity contribution is 0.0298. The lowest BCUT2D eigenvalue weighted by atomic mass is 10.3. The van der Waals surface area contributed by atoms with Gasteiger partial charge in [0, 0.05) is 12.8 Å². The molecule has 0 bridgehead atoms. The zero-order valence-electron chi connectivity index (χ0n) is 10.1. The van der Waals surface area contributed by atoms with Crippen LogP contribution >= 0.6 is 11.3 Å². The van der Waals surface area contributed by atoms with Crippen LogP contribution in [0.25, 0.3) is 5.69 Å². The fourth-order valence-corrected chi connectivity index (χ4v) is 2.98. The Hall–Kier alpha value is -1.59. The molecule has 0 fully saturated rings. The largest absolute Gasteiger partial charge is 0.353 e. The molecular formula is C13H14N2O2S. The van der Waals surface area contributed by atoms with Crippen molar-refractivity contribution in [3.05, 3.63) is 40.3 Å². The second kappa shape index (κ2) is 4.59. The highest BCUT2D eigenvalue weighted by molar-refractivity contribution is 7.10. The van der Waals surface area contributed by atoms with Crippen LogP contribution in [0, 0.1) is 0 Å². The molecule has 1 unspecified atom stereocenters. The van der Waals surface area contributed by atoms with Gasteiger partial charge >= 0.3 is 0 Å². The molecule has 1 aliphatic rings. The maximum absolute atomic E-state index is 12.1. The van der Waals surface area contributed by atoms with Gasteiger partial charge in [0.1, 0.15) is 5.69 Å². The molecule has 0 aliphatic carbocycles. The Bertz CT molecular complexity index is 573. The summed E-state index contributed by atoms with van der Waals surface area (Å²) in [5.74, 6) is -0.0931. The molecule has 5 heteroatoms. The number of carbonyl (C=O) groups excluding carboxylic acids is 1. The van der Waals surface area contributed by atoms with Crippen LogP contribution in [0.2, 0.25) is 0 Å². The third kappa shape index (κ3) is 1.76. The molecule has 0 saturated carbocycles. The maximum Gasteiger partial charge on any atom is 0.270 e. The first kappa shape index (κ1) is 11.5. The number of amides is 1. The number of hydrogen-bond acceptors (Lipinski definition) is 3. The van der Waals surface area contributed by atoms with Gasteiger partial charge in [0.05, 0.1) is 10.6 Å². The lowest BCUT2D eigenvalue weighted by Gasteiger charge is -2.16. The fraction of sp³-hybridized carbons (Fsp3) is 0.308. The number of nitrogens with zero attached hydrogens (tertiary/aromatic N) is 1. The van der Waals surface area contributed by atoms with E-state index in [0.717, 1.165) is 17.0 Å². The summed E-state index contributed by atoms with van der Waals surface area (Å²) in [6.07, 6.45) is 2.49. The van der Waals surface area contributed by atoms with Gasteiger partial charge in [-0.3, -0.25) is 4.79 Å². The highest BCUT2D eigenvalue weighted by Gasteiger charge is 2.27. The van der Waals surface area contributed by atoms with Gasteiger partial charge in [-0.25, -0.2) is 0 Å². The van der Waals surface area contributed by atoms with Crippen molar-refractivity contribution in [3.8, 4) is 5.69 Å². The number of ether oxygens (including phenoxy) is 1. The van der Waals surface area contributed by atoms with E-state index in [1.807, 2.05) is 34.3 Å². The molecule has 2 aromatic heterocycles. The number of carbonyl (C=O) groups is 1. The smallest absolute Gasteiger partial charge is 0.270 e. The van der Waals surface area contributed by atoms with Crippen molar-refractivity contribution in [2.24, 2.45) is 0 Å². The topological polar surface area (TPSA) is 43.3 Å². The van der Waals surface area contributed by atoms with E-state index in [2.05, 4.69) is 12.2 Å². The summed E-state index contributed by atoms with van der Waals surface area (Å²) in [7, 11) is 0. The van der Waals surface area contributed by atoms with Crippen molar-refractivity contribution in [1.82, 2.24) is 9.88 Å². The average molecular weight is 262 g/mol. The monoisotopic (exact) mass is 262 g/mol. The number of aromatic nitrogens is 1. The van der Waals surface area contributed by atoms with Crippen molar-refractivity contribution < 1.29 is 9.53 Å². The second-order valence-electron chi connectivity index (χ2n) is 4.16. The zero-order chi connectivity index (χ0) is 12.5. The molecule has 1 N–H and O–H groups in total. The van der Waals surface area contributed by atoms with E-state index in [4.69, 9.17) is 4.74 Å². The molecule has 94 valence electrons. The lowest BCUT2D eigenvalue weighted by Crippen LogP contribution is -2.29. The minimum atomic E-state index is -0.340. The number of fused-ring (bicyclic) bond motifs is 3. The van der Waals surface area contributed by atoms with Crippen molar-refractivity contribution in [3.63, 3.8) is 0 Å². The molecule has 0 spiro atoms. The van der Waals surface area contributed by atoms with E-state index in [1.54, 1.807) is 11.3 Å². The zero-order valence-corrected chi connectivity index (χ0v) is 10.9. The molecule has 2 aromatic rings. The summed E-state index contributed by atoms with van der Waals surface area (Å²) < 4.78 is 7.65. The standard InChI is InChI=1S/C13H14N2O2S/c1-2-7-17-13-11-9(5-8-18-11)15-6-3-4-10(15)12(16)14-13/h3-6,8,13H,2,7H2,1H3,(H,14,16). The molecule has 18 heavy (non-hydrogen) atoms. The van der Waals surface area contributed by atoms with E-state index in [1.165, 1.54) is 0 Å². The third-order valence-electron chi connectivity index (χ3n) is 2.90. The van der Waals surface area contributed by atoms with Crippen molar-refractivity contribution in [2.45, 2.75) is 19.6 Å². The predicted octanol–water partition coefficient (Wildman–Crippen LogP) is 2.71. The van der Waals surface area contributed by atoms with Gasteiger partial charge in [0.2, 0.25) is 0 Å².